The number of para-hydroxylation sites is 1. The number of ether oxygens (including phenoxy) is 2. The number of carbonyl (C=O) groups is 2. The fourth-order valence-electron chi connectivity index (χ4n) is 2.09. The molecule has 0 aliphatic carbocycles. The van der Waals surface area contributed by atoms with Gasteiger partial charge in [0.1, 0.15) is 6.10 Å². The minimum absolute atomic E-state index is 0.103. The Morgan fingerprint density at radius 1 is 1.32 bits per heavy atom. The summed E-state index contributed by atoms with van der Waals surface area (Å²) in [6.45, 7) is 1.94. The number of esters is 1. The van der Waals surface area contributed by atoms with Crippen molar-refractivity contribution in [3.05, 3.63) is 29.8 Å². The molecule has 0 aromatic heterocycles. The van der Waals surface area contributed by atoms with E-state index in [1.807, 2.05) is 6.92 Å². The molecular formula is C14H17NO4. The van der Waals surface area contributed by atoms with E-state index >= 15 is 0 Å². The van der Waals surface area contributed by atoms with Crippen LogP contribution in [0, 0.1) is 0 Å². The molecule has 5 nitrogen and oxygen atoms in total. The molecule has 19 heavy (non-hydrogen) atoms. The average molecular weight is 263 g/mol. The van der Waals surface area contributed by atoms with Gasteiger partial charge in [-0.25, -0.2) is 4.79 Å². The molecule has 1 aliphatic heterocycles. The Bertz CT molecular complexity index is 486. The topological polar surface area (TPSA) is 64.6 Å². The zero-order valence-electron chi connectivity index (χ0n) is 11.0. The van der Waals surface area contributed by atoms with E-state index in [4.69, 9.17) is 4.74 Å². The Labute approximate surface area is 111 Å². The van der Waals surface area contributed by atoms with E-state index in [1.54, 1.807) is 24.3 Å². The third-order valence-electron chi connectivity index (χ3n) is 3.11. The third-order valence-corrected chi connectivity index (χ3v) is 3.11. The lowest BCUT2D eigenvalue weighted by Gasteiger charge is -2.13. The van der Waals surface area contributed by atoms with Crippen molar-refractivity contribution >= 4 is 17.6 Å². The van der Waals surface area contributed by atoms with Crippen LogP contribution in [-0.4, -0.2) is 31.2 Å². The van der Waals surface area contributed by atoms with Gasteiger partial charge in [-0.2, -0.15) is 0 Å². The molecule has 1 fully saturated rings. The highest BCUT2D eigenvalue weighted by Crippen LogP contribution is 2.22. The summed E-state index contributed by atoms with van der Waals surface area (Å²) in [6.07, 6.45) is 1.23. The second-order valence-corrected chi connectivity index (χ2v) is 4.54. The molecule has 0 spiro atoms. The lowest BCUT2D eigenvalue weighted by Crippen LogP contribution is -2.28. The van der Waals surface area contributed by atoms with Gasteiger partial charge in [0, 0.05) is 0 Å². The zero-order valence-corrected chi connectivity index (χ0v) is 11.0. The number of nitrogens with one attached hydrogen (secondary N) is 1. The Kier molecular flexibility index (Phi) is 4.16. The number of amides is 1. The van der Waals surface area contributed by atoms with E-state index in [1.165, 1.54) is 7.11 Å². The molecule has 2 unspecified atom stereocenters. The van der Waals surface area contributed by atoms with Crippen LogP contribution in [0.25, 0.3) is 0 Å². The molecule has 1 amide bonds. The fraction of sp³-hybridized carbons (Fsp3) is 0.429. The molecule has 0 saturated carbocycles. The van der Waals surface area contributed by atoms with Gasteiger partial charge >= 0.3 is 5.97 Å². The van der Waals surface area contributed by atoms with Crippen molar-refractivity contribution in [3.63, 3.8) is 0 Å². The van der Waals surface area contributed by atoms with Gasteiger partial charge in [-0.3, -0.25) is 4.79 Å². The molecule has 1 aromatic carbocycles. The van der Waals surface area contributed by atoms with E-state index in [2.05, 4.69) is 10.1 Å². The van der Waals surface area contributed by atoms with Gasteiger partial charge in [0.2, 0.25) is 0 Å². The number of carbonyl (C=O) groups excluding carboxylic acids is 2. The molecular weight excluding hydrogens is 246 g/mol. The predicted molar refractivity (Wildman–Crippen MR) is 70.0 cm³/mol. The summed E-state index contributed by atoms with van der Waals surface area (Å²) in [5, 5.41) is 2.72. The van der Waals surface area contributed by atoms with E-state index in [0.29, 0.717) is 17.7 Å². The van der Waals surface area contributed by atoms with Crippen molar-refractivity contribution in [3.8, 4) is 0 Å². The average Bonchev–Trinajstić information content (AvgIpc) is 2.85. The Morgan fingerprint density at radius 2 is 2.05 bits per heavy atom. The van der Waals surface area contributed by atoms with E-state index < -0.39 is 12.1 Å². The Hall–Kier alpha value is -1.88. The number of hydrogen-bond acceptors (Lipinski definition) is 4. The first-order chi connectivity index (χ1) is 9.11. The summed E-state index contributed by atoms with van der Waals surface area (Å²) in [5.74, 6) is -0.697. The van der Waals surface area contributed by atoms with Crippen LogP contribution in [0.2, 0.25) is 0 Å². The Morgan fingerprint density at radius 3 is 2.68 bits per heavy atom. The van der Waals surface area contributed by atoms with Crippen molar-refractivity contribution in [2.45, 2.75) is 32.0 Å². The number of rotatable bonds is 3. The third kappa shape index (κ3) is 3.12. The second-order valence-electron chi connectivity index (χ2n) is 4.54. The molecule has 1 heterocycles. The summed E-state index contributed by atoms with van der Waals surface area (Å²) >= 11 is 0. The monoisotopic (exact) mass is 263 g/mol. The summed E-state index contributed by atoms with van der Waals surface area (Å²) in [6, 6.07) is 6.75. The van der Waals surface area contributed by atoms with Crippen molar-refractivity contribution in [1.29, 1.82) is 0 Å². The van der Waals surface area contributed by atoms with Gasteiger partial charge in [0.05, 0.1) is 24.5 Å². The normalized spacial score (nSPS) is 22.0. The van der Waals surface area contributed by atoms with E-state index in [9.17, 15) is 9.59 Å². The second kappa shape index (κ2) is 5.84. The zero-order chi connectivity index (χ0) is 13.8. The van der Waals surface area contributed by atoms with Crippen molar-refractivity contribution in [2.75, 3.05) is 12.4 Å². The van der Waals surface area contributed by atoms with Crippen LogP contribution in [0.3, 0.4) is 0 Å². The van der Waals surface area contributed by atoms with Gasteiger partial charge in [0.25, 0.3) is 5.91 Å². The highest BCUT2D eigenvalue weighted by atomic mass is 16.5. The standard InChI is InChI=1S/C14H17NO4/c1-9-7-8-12(19-9)13(16)15-11-6-4-3-5-10(11)14(17)18-2/h3-6,9,12H,7-8H2,1-2H3,(H,15,16). The summed E-state index contributed by atoms with van der Waals surface area (Å²) in [7, 11) is 1.31. The van der Waals surface area contributed by atoms with E-state index in [0.717, 1.165) is 6.42 Å². The van der Waals surface area contributed by atoms with Crippen LogP contribution in [0.1, 0.15) is 30.1 Å². The number of methoxy groups -OCH3 is 1. The molecule has 5 heteroatoms. The van der Waals surface area contributed by atoms with E-state index in [-0.39, 0.29) is 12.0 Å². The van der Waals surface area contributed by atoms with Gasteiger partial charge in [-0.05, 0) is 31.9 Å². The molecule has 2 rings (SSSR count). The lowest BCUT2D eigenvalue weighted by molar-refractivity contribution is -0.126. The Balaban J connectivity index is 2.10. The largest absolute Gasteiger partial charge is 0.465 e. The quantitative estimate of drug-likeness (QED) is 0.847. The number of anilines is 1. The van der Waals surface area contributed by atoms with Crippen LogP contribution in [-0.2, 0) is 14.3 Å². The molecule has 102 valence electrons. The minimum Gasteiger partial charge on any atom is -0.465 e. The summed E-state index contributed by atoms with van der Waals surface area (Å²) < 4.78 is 10.2. The molecule has 1 aliphatic rings. The van der Waals surface area contributed by atoms with Crippen LogP contribution < -0.4 is 5.32 Å². The number of hydrogen-bond donors (Lipinski definition) is 1. The molecule has 1 N–H and O–H groups in total. The number of benzene rings is 1. The van der Waals surface area contributed by atoms with Crippen LogP contribution in [0.5, 0.6) is 0 Å². The van der Waals surface area contributed by atoms with Gasteiger partial charge in [0.15, 0.2) is 0 Å². The maximum atomic E-state index is 12.0. The first-order valence-electron chi connectivity index (χ1n) is 6.25. The van der Waals surface area contributed by atoms with Gasteiger partial charge in [-0.15, -0.1) is 0 Å². The molecule has 2 atom stereocenters. The minimum atomic E-state index is -0.475. The molecule has 1 saturated heterocycles. The molecule has 0 radical (unpaired) electrons. The SMILES string of the molecule is COC(=O)c1ccccc1NC(=O)C1CCC(C)O1. The lowest BCUT2D eigenvalue weighted by atomic mass is 10.1. The van der Waals surface area contributed by atoms with Crippen molar-refractivity contribution in [2.24, 2.45) is 0 Å². The predicted octanol–water partition coefficient (Wildman–Crippen LogP) is 1.98. The fourth-order valence-corrected chi connectivity index (χ4v) is 2.09. The van der Waals surface area contributed by atoms with Gasteiger partial charge < -0.3 is 14.8 Å². The first kappa shape index (κ1) is 13.5. The maximum Gasteiger partial charge on any atom is 0.339 e. The molecule has 0 bridgehead atoms. The summed E-state index contributed by atoms with van der Waals surface area (Å²) in [4.78, 5) is 23.6. The van der Waals surface area contributed by atoms with Crippen LogP contribution >= 0.6 is 0 Å². The highest BCUT2D eigenvalue weighted by Gasteiger charge is 2.28. The van der Waals surface area contributed by atoms with Crippen LogP contribution in [0.4, 0.5) is 5.69 Å². The highest BCUT2D eigenvalue weighted by molar-refractivity contribution is 6.02. The van der Waals surface area contributed by atoms with Crippen LogP contribution in [0.15, 0.2) is 24.3 Å². The smallest absolute Gasteiger partial charge is 0.339 e. The van der Waals surface area contributed by atoms with Crippen molar-refractivity contribution < 1.29 is 19.1 Å². The van der Waals surface area contributed by atoms with Gasteiger partial charge in [-0.1, -0.05) is 12.1 Å². The van der Waals surface area contributed by atoms with Crippen molar-refractivity contribution in [1.82, 2.24) is 0 Å². The maximum absolute atomic E-state index is 12.0. The first-order valence-corrected chi connectivity index (χ1v) is 6.25. The molecule has 1 aromatic rings. The summed E-state index contributed by atoms with van der Waals surface area (Å²) in [5.41, 5.74) is 0.784.